The number of hydrogen-bond acceptors (Lipinski definition) is 3. The molecule has 0 bridgehead atoms. The third-order valence-corrected chi connectivity index (χ3v) is 4.24. The Hall–Kier alpha value is -1.04. The molecule has 1 atom stereocenters. The van der Waals surface area contributed by atoms with Crippen LogP contribution in [0.15, 0.2) is 18.2 Å². The Bertz CT molecular complexity index is 428. The standard InChI is InChI=1S/C16H24F2N2O/c1-19-16(12-9-13(17)11-14(18)10-12)5-8-20-6-3-15(21-2)4-7-20/h9-11,15-16,19H,3-8H2,1-2H3. The minimum absolute atomic E-state index is 0.0321. The lowest BCUT2D eigenvalue weighted by atomic mass is 10.0. The van der Waals surface area contributed by atoms with Crippen LogP contribution in [0.3, 0.4) is 0 Å². The Morgan fingerprint density at radius 1 is 1.24 bits per heavy atom. The Balaban J connectivity index is 1.88. The Morgan fingerprint density at radius 3 is 2.38 bits per heavy atom. The monoisotopic (exact) mass is 298 g/mol. The molecule has 3 nitrogen and oxygen atoms in total. The SMILES string of the molecule is CNC(CCN1CCC(OC)CC1)c1cc(F)cc(F)c1. The molecule has 1 N–H and O–H groups in total. The number of ether oxygens (including phenoxy) is 1. The van der Waals surface area contributed by atoms with Crippen LogP contribution in [0.5, 0.6) is 0 Å². The highest BCUT2D eigenvalue weighted by molar-refractivity contribution is 5.21. The van der Waals surface area contributed by atoms with E-state index < -0.39 is 11.6 Å². The van der Waals surface area contributed by atoms with Crippen molar-refractivity contribution >= 4 is 0 Å². The largest absolute Gasteiger partial charge is 0.381 e. The number of likely N-dealkylation sites (tertiary alicyclic amines) is 1. The number of hydrogen-bond donors (Lipinski definition) is 1. The summed E-state index contributed by atoms with van der Waals surface area (Å²) in [6.07, 6.45) is 3.31. The van der Waals surface area contributed by atoms with Crippen molar-refractivity contribution in [3.05, 3.63) is 35.4 Å². The van der Waals surface area contributed by atoms with Crippen molar-refractivity contribution in [2.75, 3.05) is 33.8 Å². The lowest BCUT2D eigenvalue weighted by Crippen LogP contribution is -2.38. The van der Waals surface area contributed by atoms with Crippen molar-refractivity contribution < 1.29 is 13.5 Å². The maximum absolute atomic E-state index is 13.3. The van der Waals surface area contributed by atoms with Crippen LogP contribution in [0.2, 0.25) is 0 Å². The van der Waals surface area contributed by atoms with E-state index in [4.69, 9.17) is 4.74 Å². The van der Waals surface area contributed by atoms with Crippen molar-refractivity contribution in [3.63, 3.8) is 0 Å². The van der Waals surface area contributed by atoms with Gasteiger partial charge in [-0.05, 0) is 50.6 Å². The molecule has 1 unspecified atom stereocenters. The van der Waals surface area contributed by atoms with Crippen LogP contribution >= 0.6 is 0 Å². The van der Waals surface area contributed by atoms with Crippen molar-refractivity contribution in [1.29, 1.82) is 0 Å². The Morgan fingerprint density at radius 2 is 1.86 bits per heavy atom. The molecule has 1 saturated heterocycles. The van der Waals surface area contributed by atoms with Gasteiger partial charge in [-0.15, -0.1) is 0 Å². The van der Waals surface area contributed by atoms with Gasteiger partial charge in [-0.3, -0.25) is 0 Å². The lowest BCUT2D eigenvalue weighted by molar-refractivity contribution is 0.0401. The summed E-state index contributed by atoms with van der Waals surface area (Å²) in [5.74, 6) is -1.04. The van der Waals surface area contributed by atoms with Crippen LogP contribution in [0.25, 0.3) is 0 Å². The quantitative estimate of drug-likeness (QED) is 0.874. The van der Waals surface area contributed by atoms with Gasteiger partial charge >= 0.3 is 0 Å². The summed E-state index contributed by atoms with van der Waals surface area (Å²) in [5.41, 5.74) is 0.668. The fourth-order valence-corrected chi connectivity index (χ4v) is 2.93. The van der Waals surface area contributed by atoms with E-state index in [0.717, 1.165) is 45.0 Å². The van der Waals surface area contributed by atoms with E-state index in [9.17, 15) is 8.78 Å². The van der Waals surface area contributed by atoms with Gasteiger partial charge in [0.05, 0.1) is 6.10 Å². The Labute approximate surface area is 125 Å². The van der Waals surface area contributed by atoms with Gasteiger partial charge in [-0.25, -0.2) is 8.78 Å². The predicted molar refractivity (Wildman–Crippen MR) is 79.2 cm³/mol. The van der Waals surface area contributed by atoms with Crippen LogP contribution in [0.1, 0.15) is 30.9 Å². The molecule has 2 rings (SSSR count). The smallest absolute Gasteiger partial charge is 0.126 e. The van der Waals surface area contributed by atoms with Crippen LogP contribution < -0.4 is 5.32 Å². The second-order valence-corrected chi connectivity index (χ2v) is 5.61. The number of methoxy groups -OCH3 is 1. The van der Waals surface area contributed by atoms with Crippen molar-refractivity contribution in [2.24, 2.45) is 0 Å². The minimum Gasteiger partial charge on any atom is -0.381 e. The third kappa shape index (κ3) is 4.73. The maximum atomic E-state index is 13.3. The predicted octanol–water partition coefficient (Wildman–Crippen LogP) is 2.73. The molecule has 0 aromatic heterocycles. The van der Waals surface area contributed by atoms with Crippen molar-refractivity contribution in [3.8, 4) is 0 Å². The first-order valence-electron chi connectivity index (χ1n) is 7.50. The summed E-state index contributed by atoms with van der Waals surface area (Å²) >= 11 is 0. The van der Waals surface area contributed by atoms with Gasteiger partial charge in [0.2, 0.25) is 0 Å². The molecule has 1 fully saturated rings. The van der Waals surface area contributed by atoms with Gasteiger partial charge in [0.25, 0.3) is 0 Å². The zero-order chi connectivity index (χ0) is 15.2. The summed E-state index contributed by atoms with van der Waals surface area (Å²) < 4.78 is 32.0. The highest BCUT2D eigenvalue weighted by atomic mass is 19.1. The molecule has 0 spiro atoms. The maximum Gasteiger partial charge on any atom is 0.126 e. The molecule has 118 valence electrons. The Kier molecular flexibility index (Phi) is 6.08. The van der Waals surface area contributed by atoms with Gasteiger partial charge < -0.3 is 15.0 Å². The van der Waals surface area contributed by atoms with E-state index in [0.29, 0.717) is 11.7 Å². The molecule has 0 radical (unpaired) electrons. The van der Waals surface area contributed by atoms with Crippen molar-refractivity contribution in [2.45, 2.75) is 31.4 Å². The summed E-state index contributed by atoms with van der Waals surface area (Å²) in [6.45, 7) is 2.96. The zero-order valence-corrected chi connectivity index (χ0v) is 12.7. The van der Waals surface area contributed by atoms with E-state index in [-0.39, 0.29) is 6.04 Å². The number of nitrogens with one attached hydrogen (secondary N) is 1. The first-order chi connectivity index (χ1) is 10.1. The van der Waals surface area contributed by atoms with Gasteiger partial charge in [-0.2, -0.15) is 0 Å². The third-order valence-electron chi connectivity index (χ3n) is 4.24. The van der Waals surface area contributed by atoms with E-state index in [2.05, 4.69) is 10.2 Å². The van der Waals surface area contributed by atoms with Gasteiger partial charge in [0.15, 0.2) is 0 Å². The highest BCUT2D eigenvalue weighted by Crippen LogP contribution is 2.21. The molecular formula is C16H24F2N2O. The zero-order valence-electron chi connectivity index (χ0n) is 12.7. The number of nitrogens with zero attached hydrogens (tertiary/aromatic N) is 1. The normalized spacial score (nSPS) is 18.9. The number of rotatable bonds is 6. The van der Waals surface area contributed by atoms with Gasteiger partial charge in [0.1, 0.15) is 11.6 Å². The van der Waals surface area contributed by atoms with E-state index in [1.165, 1.54) is 12.1 Å². The summed E-state index contributed by atoms with van der Waals surface area (Å²) in [6, 6.07) is 3.68. The van der Waals surface area contributed by atoms with Gasteiger partial charge in [-0.1, -0.05) is 0 Å². The number of halogens is 2. The second-order valence-electron chi connectivity index (χ2n) is 5.61. The first-order valence-corrected chi connectivity index (χ1v) is 7.50. The van der Waals surface area contributed by atoms with Crippen molar-refractivity contribution in [1.82, 2.24) is 10.2 Å². The van der Waals surface area contributed by atoms with Crippen LogP contribution in [-0.4, -0.2) is 44.8 Å². The lowest BCUT2D eigenvalue weighted by Gasteiger charge is -2.32. The van der Waals surface area contributed by atoms with E-state index in [1.54, 1.807) is 7.11 Å². The summed E-state index contributed by atoms with van der Waals surface area (Å²) in [5, 5.41) is 3.15. The summed E-state index contributed by atoms with van der Waals surface area (Å²) in [7, 11) is 3.58. The summed E-state index contributed by atoms with van der Waals surface area (Å²) in [4.78, 5) is 2.38. The number of piperidine rings is 1. The molecule has 0 saturated carbocycles. The molecule has 1 aromatic rings. The molecule has 0 aliphatic carbocycles. The van der Waals surface area contributed by atoms with Crippen LogP contribution in [-0.2, 0) is 4.74 Å². The fraction of sp³-hybridized carbons (Fsp3) is 0.625. The van der Waals surface area contributed by atoms with Gasteiger partial charge in [0, 0.05) is 32.3 Å². The minimum atomic E-state index is -0.522. The number of benzene rings is 1. The average Bonchev–Trinajstić information content (AvgIpc) is 2.47. The fourth-order valence-electron chi connectivity index (χ4n) is 2.93. The van der Waals surface area contributed by atoms with Crippen LogP contribution in [0, 0.1) is 11.6 Å². The molecule has 0 amide bonds. The molecular weight excluding hydrogens is 274 g/mol. The molecule has 1 aliphatic heterocycles. The second kappa shape index (κ2) is 7.82. The molecule has 1 aromatic carbocycles. The molecule has 1 aliphatic rings. The van der Waals surface area contributed by atoms with E-state index >= 15 is 0 Å². The average molecular weight is 298 g/mol. The topological polar surface area (TPSA) is 24.5 Å². The molecule has 5 heteroatoms. The highest BCUT2D eigenvalue weighted by Gasteiger charge is 2.20. The first kappa shape index (κ1) is 16.3. The molecule has 21 heavy (non-hydrogen) atoms. The van der Waals surface area contributed by atoms with E-state index in [1.807, 2.05) is 7.05 Å². The van der Waals surface area contributed by atoms with Crippen LogP contribution in [0.4, 0.5) is 8.78 Å². The molecule has 1 heterocycles.